The Morgan fingerprint density at radius 2 is 1.73 bits per heavy atom. The van der Waals surface area contributed by atoms with E-state index in [0.717, 1.165) is 6.07 Å². The van der Waals surface area contributed by atoms with E-state index in [4.69, 9.17) is 9.47 Å². The largest absolute Gasteiger partial charge is 0.436 e. The molecule has 1 saturated heterocycles. The van der Waals surface area contributed by atoms with Crippen molar-refractivity contribution < 1.29 is 27.4 Å². The number of morpholine rings is 1. The van der Waals surface area contributed by atoms with Crippen LogP contribution in [0.2, 0.25) is 0 Å². The molecular formula is C23H21F3N4O3. The molecule has 0 radical (unpaired) electrons. The number of carbonyl (C=O) groups is 1. The summed E-state index contributed by atoms with van der Waals surface area (Å²) >= 11 is 0. The normalized spacial score (nSPS) is 14.1. The lowest BCUT2D eigenvalue weighted by atomic mass is 10.1. The number of aromatic nitrogens is 2. The summed E-state index contributed by atoms with van der Waals surface area (Å²) in [6, 6.07) is 11.4. The van der Waals surface area contributed by atoms with Crippen LogP contribution in [0.1, 0.15) is 21.5 Å². The number of amides is 1. The molecular weight excluding hydrogens is 437 g/mol. The van der Waals surface area contributed by atoms with E-state index in [1.807, 2.05) is 4.90 Å². The highest BCUT2D eigenvalue weighted by Crippen LogP contribution is 2.32. The molecule has 0 saturated carbocycles. The third-order valence-corrected chi connectivity index (χ3v) is 5.05. The van der Waals surface area contributed by atoms with Gasteiger partial charge in [0.2, 0.25) is 0 Å². The lowest BCUT2D eigenvalue weighted by molar-refractivity contribution is -0.138. The Morgan fingerprint density at radius 3 is 2.45 bits per heavy atom. The molecule has 3 aromatic rings. The van der Waals surface area contributed by atoms with Crippen LogP contribution in [0.15, 0.2) is 60.9 Å². The second-order valence-corrected chi connectivity index (χ2v) is 7.25. The van der Waals surface area contributed by atoms with Crippen molar-refractivity contribution >= 4 is 11.7 Å². The molecule has 1 fully saturated rings. The van der Waals surface area contributed by atoms with Gasteiger partial charge in [-0.05, 0) is 35.9 Å². The van der Waals surface area contributed by atoms with E-state index in [1.165, 1.54) is 36.5 Å². The van der Waals surface area contributed by atoms with Gasteiger partial charge in [-0.3, -0.25) is 4.79 Å². The zero-order valence-electron chi connectivity index (χ0n) is 17.5. The molecule has 0 atom stereocenters. The van der Waals surface area contributed by atoms with E-state index in [2.05, 4.69) is 15.3 Å². The highest BCUT2D eigenvalue weighted by Gasteiger charge is 2.32. The Labute approximate surface area is 188 Å². The lowest BCUT2D eigenvalue weighted by Crippen LogP contribution is -2.37. The highest BCUT2D eigenvalue weighted by atomic mass is 19.4. The Hall–Kier alpha value is -3.66. The van der Waals surface area contributed by atoms with Crippen LogP contribution in [0, 0.1) is 0 Å². The number of benzene rings is 2. The molecule has 4 rings (SSSR count). The zero-order chi connectivity index (χ0) is 23.3. The number of hydrogen-bond acceptors (Lipinski definition) is 6. The van der Waals surface area contributed by atoms with Gasteiger partial charge >= 0.3 is 6.18 Å². The predicted octanol–water partition coefficient (Wildman–Crippen LogP) is 4.05. The number of halogens is 3. The summed E-state index contributed by atoms with van der Waals surface area (Å²) in [5.74, 6) is 0.891. The summed E-state index contributed by atoms with van der Waals surface area (Å²) in [6.45, 7) is 2.28. The van der Waals surface area contributed by atoms with Crippen LogP contribution in [-0.4, -0.2) is 42.2 Å². The van der Waals surface area contributed by atoms with Crippen LogP contribution in [-0.2, 0) is 17.5 Å². The van der Waals surface area contributed by atoms with E-state index in [9.17, 15) is 18.0 Å². The standard InChI is InChI=1S/C23H21F3N4O3/c24-23(25,26)19-4-2-1-3-17(19)15-29-21(31)16-5-7-18(8-6-16)33-22-20(27-9-10-28-22)30-11-13-32-14-12-30/h1-10H,11-15H2,(H,29,31). The average molecular weight is 458 g/mol. The van der Waals surface area contributed by atoms with Gasteiger partial charge in [0.25, 0.3) is 11.8 Å². The molecule has 1 N–H and O–H groups in total. The van der Waals surface area contributed by atoms with Gasteiger partial charge in [-0.1, -0.05) is 18.2 Å². The summed E-state index contributed by atoms with van der Waals surface area (Å²) in [6.07, 6.45) is -1.37. The molecule has 7 nitrogen and oxygen atoms in total. The number of nitrogens with one attached hydrogen (secondary N) is 1. The molecule has 1 aromatic heterocycles. The number of rotatable bonds is 6. The molecule has 0 bridgehead atoms. The number of hydrogen-bond donors (Lipinski definition) is 1. The lowest BCUT2D eigenvalue weighted by Gasteiger charge is -2.28. The number of ether oxygens (including phenoxy) is 2. The van der Waals surface area contributed by atoms with Crippen LogP contribution in [0.4, 0.5) is 19.0 Å². The maximum absolute atomic E-state index is 13.1. The second kappa shape index (κ2) is 9.86. The molecule has 0 unspecified atom stereocenters. The fourth-order valence-corrected chi connectivity index (χ4v) is 3.40. The van der Waals surface area contributed by atoms with Crippen molar-refractivity contribution in [3.05, 3.63) is 77.6 Å². The Bertz CT molecular complexity index is 1100. The monoisotopic (exact) mass is 458 g/mol. The first-order valence-electron chi connectivity index (χ1n) is 10.3. The van der Waals surface area contributed by atoms with Crippen LogP contribution in [0.5, 0.6) is 11.6 Å². The zero-order valence-corrected chi connectivity index (χ0v) is 17.5. The third-order valence-electron chi connectivity index (χ3n) is 5.05. The fraction of sp³-hybridized carbons (Fsp3) is 0.261. The molecule has 2 heterocycles. The summed E-state index contributed by atoms with van der Waals surface area (Å²) in [4.78, 5) is 23.1. The third kappa shape index (κ3) is 5.58. The quantitative estimate of drug-likeness (QED) is 0.601. The minimum absolute atomic E-state index is 0.00315. The highest BCUT2D eigenvalue weighted by molar-refractivity contribution is 5.94. The van der Waals surface area contributed by atoms with Crippen LogP contribution in [0.3, 0.4) is 0 Å². The van der Waals surface area contributed by atoms with E-state index in [1.54, 1.807) is 18.3 Å². The van der Waals surface area contributed by atoms with Gasteiger partial charge in [-0.25, -0.2) is 9.97 Å². The molecule has 1 amide bonds. The molecule has 0 spiro atoms. The molecule has 33 heavy (non-hydrogen) atoms. The minimum Gasteiger partial charge on any atom is -0.436 e. The smallest absolute Gasteiger partial charge is 0.416 e. The predicted molar refractivity (Wildman–Crippen MR) is 114 cm³/mol. The molecule has 2 aromatic carbocycles. The summed E-state index contributed by atoms with van der Waals surface area (Å²) < 4.78 is 50.6. The Morgan fingerprint density at radius 1 is 1.03 bits per heavy atom. The van der Waals surface area contributed by atoms with Crippen molar-refractivity contribution in [2.45, 2.75) is 12.7 Å². The van der Waals surface area contributed by atoms with E-state index < -0.39 is 17.6 Å². The van der Waals surface area contributed by atoms with Crippen LogP contribution in [0.25, 0.3) is 0 Å². The molecule has 10 heteroatoms. The van der Waals surface area contributed by atoms with Crippen molar-refractivity contribution in [1.29, 1.82) is 0 Å². The van der Waals surface area contributed by atoms with Crippen molar-refractivity contribution in [1.82, 2.24) is 15.3 Å². The summed E-state index contributed by atoms with van der Waals surface area (Å²) in [5, 5.41) is 2.53. The van der Waals surface area contributed by atoms with E-state index >= 15 is 0 Å². The van der Waals surface area contributed by atoms with Crippen molar-refractivity contribution in [3.8, 4) is 11.6 Å². The maximum Gasteiger partial charge on any atom is 0.416 e. The van der Waals surface area contributed by atoms with Crippen molar-refractivity contribution in [3.63, 3.8) is 0 Å². The Kier molecular flexibility index (Phi) is 6.74. The van der Waals surface area contributed by atoms with Crippen LogP contribution >= 0.6 is 0 Å². The van der Waals surface area contributed by atoms with E-state index in [0.29, 0.717) is 49.3 Å². The van der Waals surface area contributed by atoms with Gasteiger partial charge in [0.05, 0.1) is 18.8 Å². The first kappa shape index (κ1) is 22.5. The fourth-order valence-electron chi connectivity index (χ4n) is 3.40. The van der Waals surface area contributed by atoms with Gasteiger partial charge in [0.15, 0.2) is 5.82 Å². The van der Waals surface area contributed by atoms with Gasteiger partial charge < -0.3 is 19.7 Å². The van der Waals surface area contributed by atoms with Gasteiger partial charge in [-0.15, -0.1) is 0 Å². The van der Waals surface area contributed by atoms with Gasteiger partial charge in [-0.2, -0.15) is 13.2 Å². The topological polar surface area (TPSA) is 76.6 Å². The number of anilines is 1. The number of carbonyl (C=O) groups excluding carboxylic acids is 1. The van der Waals surface area contributed by atoms with Crippen molar-refractivity contribution in [2.75, 3.05) is 31.2 Å². The summed E-state index contributed by atoms with van der Waals surface area (Å²) in [5.41, 5.74) is -0.481. The first-order chi connectivity index (χ1) is 15.9. The molecule has 1 aliphatic heterocycles. The summed E-state index contributed by atoms with van der Waals surface area (Å²) in [7, 11) is 0. The SMILES string of the molecule is O=C(NCc1ccccc1C(F)(F)F)c1ccc(Oc2nccnc2N2CCOCC2)cc1. The van der Waals surface area contributed by atoms with Crippen molar-refractivity contribution in [2.24, 2.45) is 0 Å². The first-order valence-corrected chi connectivity index (χ1v) is 10.3. The Balaban J connectivity index is 1.41. The second-order valence-electron chi connectivity index (χ2n) is 7.25. The molecule has 172 valence electrons. The number of alkyl halides is 3. The molecule has 0 aliphatic carbocycles. The maximum atomic E-state index is 13.1. The minimum atomic E-state index is -4.49. The molecule has 1 aliphatic rings. The van der Waals surface area contributed by atoms with Crippen LogP contribution < -0.4 is 15.0 Å². The number of nitrogens with zero attached hydrogens (tertiary/aromatic N) is 3. The van der Waals surface area contributed by atoms with Gasteiger partial charge in [0, 0.05) is 37.6 Å². The van der Waals surface area contributed by atoms with E-state index in [-0.39, 0.29) is 12.1 Å². The average Bonchev–Trinajstić information content (AvgIpc) is 2.83. The van der Waals surface area contributed by atoms with Gasteiger partial charge in [0.1, 0.15) is 5.75 Å².